The van der Waals surface area contributed by atoms with E-state index in [4.69, 9.17) is 0 Å². The average Bonchev–Trinajstić information content (AvgIpc) is 1.33. The highest BCUT2D eigenvalue weighted by Gasteiger charge is 2.17. The van der Waals surface area contributed by atoms with Crippen LogP contribution in [0.5, 0.6) is 0 Å². The lowest BCUT2D eigenvalue weighted by atomic mass is 10.0. The van der Waals surface area contributed by atoms with Crippen LogP contribution in [-0.4, -0.2) is 12.1 Å². The Kier molecular flexibility index (Phi) is 0.845. The van der Waals surface area contributed by atoms with Crippen molar-refractivity contribution in [2.45, 2.75) is 32.4 Å². The second-order valence-corrected chi connectivity index (χ2v) is 2.20. The van der Waals surface area contributed by atoms with Gasteiger partial charge in [0.25, 0.3) is 0 Å². The molecule has 0 aromatic carbocycles. The van der Waals surface area contributed by atoms with Gasteiger partial charge in [0, 0.05) is 12.1 Å². The number of rotatable bonds is 0. The van der Waals surface area contributed by atoms with E-state index in [2.05, 4.69) is 19.2 Å². The van der Waals surface area contributed by atoms with Crippen LogP contribution in [-0.2, 0) is 0 Å². The van der Waals surface area contributed by atoms with Crippen LogP contribution >= 0.6 is 0 Å². The van der Waals surface area contributed by atoms with E-state index in [1.165, 1.54) is 6.42 Å². The molecule has 0 aromatic heterocycles. The van der Waals surface area contributed by atoms with Gasteiger partial charge in [-0.25, -0.2) is 0 Å². The van der Waals surface area contributed by atoms with Crippen LogP contribution in [0.4, 0.5) is 0 Å². The molecule has 1 nitrogen and oxygen atoms in total. The monoisotopic (exact) mass is 85.1 g/mol. The molecule has 1 rings (SSSR count). The fourth-order valence-corrected chi connectivity index (χ4v) is 0.992. The van der Waals surface area contributed by atoms with Gasteiger partial charge in [-0.1, -0.05) is 0 Å². The van der Waals surface area contributed by atoms with Gasteiger partial charge in [-0.3, -0.25) is 0 Å². The van der Waals surface area contributed by atoms with Gasteiger partial charge in [-0.2, -0.15) is 0 Å². The Hall–Kier alpha value is -0.0400. The van der Waals surface area contributed by atoms with Gasteiger partial charge in [0.05, 0.1) is 0 Å². The first-order valence-electron chi connectivity index (χ1n) is 2.55. The van der Waals surface area contributed by atoms with Gasteiger partial charge in [0.1, 0.15) is 0 Å². The molecule has 1 saturated heterocycles. The molecule has 1 aliphatic rings. The summed E-state index contributed by atoms with van der Waals surface area (Å²) in [6, 6.07) is 1.58. The summed E-state index contributed by atoms with van der Waals surface area (Å²) < 4.78 is 0. The SMILES string of the molecule is CC1CC(C)N1. The van der Waals surface area contributed by atoms with Crippen molar-refractivity contribution >= 4 is 0 Å². The molecular weight excluding hydrogens is 74.1 g/mol. The topological polar surface area (TPSA) is 12.0 Å². The standard InChI is InChI=1S/C5H11N/c1-4-3-5(2)6-4/h4-6H,3H2,1-2H3. The summed E-state index contributed by atoms with van der Waals surface area (Å²) in [7, 11) is 0. The number of nitrogens with one attached hydrogen (secondary N) is 1. The van der Waals surface area contributed by atoms with Crippen molar-refractivity contribution in [3.8, 4) is 0 Å². The Balaban J connectivity index is 2.11. The van der Waals surface area contributed by atoms with Crippen LogP contribution in [0.15, 0.2) is 0 Å². The highest BCUT2D eigenvalue weighted by Crippen LogP contribution is 2.07. The second kappa shape index (κ2) is 1.23. The van der Waals surface area contributed by atoms with Crippen LogP contribution in [0.1, 0.15) is 20.3 Å². The summed E-state index contributed by atoms with van der Waals surface area (Å²) in [4.78, 5) is 0. The Bertz CT molecular complexity index is 39.9. The Morgan fingerprint density at radius 1 is 1.33 bits per heavy atom. The highest BCUT2D eigenvalue weighted by atomic mass is 15.0. The minimum Gasteiger partial charge on any atom is -0.312 e. The summed E-state index contributed by atoms with van der Waals surface area (Å²) in [5, 5.41) is 3.31. The lowest BCUT2D eigenvalue weighted by molar-refractivity contribution is 0.302. The molecule has 0 spiro atoms. The van der Waals surface area contributed by atoms with Gasteiger partial charge in [0.15, 0.2) is 0 Å². The average molecular weight is 85.2 g/mol. The summed E-state index contributed by atoms with van der Waals surface area (Å²) in [5.74, 6) is 0. The van der Waals surface area contributed by atoms with Crippen molar-refractivity contribution in [2.75, 3.05) is 0 Å². The third kappa shape index (κ3) is 0.548. The maximum atomic E-state index is 3.31. The quantitative estimate of drug-likeness (QED) is 0.458. The molecular formula is C5H11N. The first-order valence-corrected chi connectivity index (χ1v) is 2.55. The largest absolute Gasteiger partial charge is 0.312 e. The summed E-state index contributed by atoms with van der Waals surface area (Å²) in [6.07, 6.45) is 1.36. The molecule has 1 fully saturated rings. The fourth-order valence-electron chi connectivity index (χ4n) is 0.992. The van der Waals surface area contributed by atoms with Gasteiger partial charge in [-0.15, -0.1) is 0 Å². The molecule has 0 aliphatic carbocycles. The number of hydrogen-bond donors (Lipinski definition) is 1. The molecule has 0 aromatic rings. The molecule has 6 heavy (non-hydrogen) atoms. The van der Waals surface area contributed by atoms with Crippen molar-refractivity contribution in [3.63, 3.8) is 0 Å². The van der Waals surface area contributed by atoms with Crippen LogP contribution in [0.2, 0.25) is 0 Å². The van der Waals surface area contributed by atoms with Gasteiger partial charge in [-0.05, 0) is 20.3 Å². The third-order valence-electron chi connectivity index (χ3n) is 1.28. The second-order valence-electron chi connectivity index (χ2n) is 2.20. The lowest BCUT2D eigenvalue weighted by Gasteiger charge is -2.31. The minimum atomic E-state index is 0.792. The zero-order chi connectivity index (χ0) is 4.57. The third-order valence-corrected chi connectivity index (χ3v) is 1.28. The van der Waals surface area contributed by atoms with Gasteiger partial charge < -0.3 is 5.32 Å². The van der Waals surface area contributed by atoms with Crippen LogP contribution < -0.4 is 5.32 Å². The lowest BCUT2D eigenvalue weighted by Crippen LogP contribution is -2.48. The van der Waals surface area contributed by atoms with Crippen molar-refractivity contribution in [2.24, 2.45) is 0 Å². The molecule has 0 saturated carbocycles. The first-order chi connectivity index (χ1) is 2.79. The van der Waals surface area contributed by atoms with Crippen LogP contribution in [0.3, 0.4) is 0 Å². The van der Waals surface area contributed by atoms with E-state index in [-0.39, 0.29) is 0 Å². The zero-order valence-corrected chi connectivity index (χ0v) is 4.36. The maximum absolute atomic E-state index is 3.31. The Morgan fingerprint density at radius 3 is 1.67 bits per heavy atom. The molecule has 1 heterocycles. The van der Waals surface area contributed by atoms with E-state index in [1.807, 2.05) is 0 Å². The molecule has 1 N–H and O–H groups in total. The Labute approximate surface area is 38.7 Å². The summed E-state index contributed by atoms with van der Waals surface area (Å²) in [6.45, 7) is 4.42. The molecule has 2 unspecified atom stereocenters. The van der Waals surface area contributed by atoms with Crippen molar-refractivity contribution < 1.29 is 0 Å². The highest BCUT2D eigenvalue weighted by molar-refractivity contribution is 4.80. The van der Waals surface area contributed by atoms with E-state index in [1.54, 1.807) is 0 Å². The normalized spacial score (nSPS) is 45.0. The maximum Gasteiger partial charge on any atom is 0.00559 e. The van der Waals surface area contributed by atoms with E-state index >= 15 is 0 Å². The van der Waals surface area contributed by atoms with E-state index < -0.39 is 0 Å². The van der Waals surface area contributed by atoms with E-state index in [0.717, 1.165) is 12.1 Å². The Morgan fingerprint density at radius 2 is 1.67 bits per heavy atom. The molecule has 0 bridgehead atoms. The van der Waals surface area contributed by atoms with E-state index in [0.29, 0.717) is 0 Å². The number of hydrogen-bond acceptors (Lipinski definition) is 1. The first kappa shape index (κ1) is 4.13. The van der Waals surface area contributed by atoms with Crippen molar-refractivity contribution in [1.82, 2.24) is 5.32 Å². The molecule has 36 valence electrons. The fraction of sp³-hybridized carbons (Fsp3) is 1.00. The van der Waals surface area contributed by atoms with Gasteiger partial charge >= 0.3 is 0 Å². The summed E-state index contributed by atoms with van der Waals surface area (Å²) in [5.41, 5.74) is 0. The van der Waals surface area contributed by atoms with Crippen LogP contribution in [0.25, 0.3) is 0 Å². The summed E-state index contributed by atoms with van der Waals surface area (Å²) >= 11 is 0. The minimum absolute atomic E-state index is 0.792. The predicted molar refractivity (Wildman–Crippen MR) is 26.7 cm³/mol. The molecule has 0 radical (unpaired) electrons. The smallest absolute Gasteiger partial charge is 0.00559 e. The van der Waals surface area contributed by atoms with E-state index in [9.17, 15) is 0 Å². The molecule has 2 atom stereocenters. The van der Waals surface area contributed by atoms with Crippen molar-refractivity contribution in [3.05, 3.63) is 0 Å². The molecule has 1 aliphatic heterocycles. The van der Waals surface area contributed by atoms with Crippen molar-refractivity contribution in [1.29, 1.82) is 0 Å². The van der Waals surface area contributed by atoms with Crippen LogP contribution in [0, 0.1) is 0 Å². The molecule has 1 heteroatoms. The zero-order valence-electron chi connectivity index (χ0n) is 4.36. The van der Waals surface area contributed by atoms with Gasteiger partial charge in [0.2, 0.25) is 0 Å². The molecule has 0 amide bonds. The predicted octanol–water partition coefficient (Wildman–Crippen LogP) is 0.757.